The molecule has 1 aliphatic heterocycles. The summed E-state index contributed by atoms with van der Waals surface area (Å²) in [6.45, 7) is 0.0611. The van der Waals surface area contributed by atoms with Crippen LogP contribution in [0, 0.1) is 17.7 Å². The third-order valence-electron chi connectivity index (χ3n) is 3.64. The van der Waals surface area contributed by atoms with Gasteiger partial charge in [0, 0.05) is 12.1 Å². The van der Waals surface area contributed by atoms with Crippen molar-refractivity contribution in [1.29, 1.82) is 0 Å². The minimum absolute atomic E-state index is 0.0611. The lowest BCUT2D eigenvalue weighted by atomic mass is 10.1. The van der Waals surface area contributed by atoms with E-state index in [1.807, 2.05) is 0 Å². The number of rotatable bonds is 3. The quantitative estimate of drug-likeness (QED) is 0.806. The highest BCUT2D eigenvalue weighted by atomic mass is 19.1. The summed E-state index contributed by atoms with van der Waals surface area (Å²) in [5.74, 6) is -0.988. The average Bonchev–Trinajstić information content (AvgIpc) is 3.10. The number of carbonyl (C=O) groups is 2. The topological polar surface area (TPSA) is 63.4 Å². The summed E-state index contributed by atoms with van der Waals surface area (Å²) in [5, 5.41) is 0. The van der Waals surface area contributed by atoms with Crippen LogP contribution in [0.5, 0.6) is 0 Å². The van der Waals surface area contributed by atoms with Gasteiger partial charge in [-0.25, -0.2) is 4.39 Å². The summed E-state index contributed by atoms with van der Waals surface area (Å²) in [5.41, 5.74) is 6.21. The smallest absolute Gasteiger partial charge is 0.233 e. The minimum atomic E-state index is -0.670. The molecule has 1 aromatic rings. The Hall–Kier alpha value is -1.75. The molecular formula is C13H13FN2O2. The van der Waals surface area contributed by atoms with Crippen LogP contribution in [-0.4, -0.2) is 23.3 Å². The first kappa shape index (κ1) is 11.3. The van der Waals surface area contributed by atoms with Gasteiger partial charge < -0.3 is 5.73 Å². The maximum atomic E-state index is 13.5. The van der Waals surface area contributed by atoms with E-state index in [4.69, 9.17) is 5.73 Å². The highest BCUT2D eigenvalue weighted by molar-refractivity contribution is 6.08. The molecule has 94 valence electrons. The maximum Gasteiger partial charge on any atom is 0.233 e. The molecule has 18 heavy (non-hydrogen) atoms. The lowest BCUT2D eigenvalue weighted by Gasteiger charge is -2.21. The molecule has 3 atom stereocenters. The second kappa shape index (κ2) is 3.88. The van der Waals surface area contributed by atoms with Crippen molar-refractivity contribution in [3.8, 4) is 0 Å². The molecule has 2 amide bonds. The number of amides is 2. The summed E-state index contributed by atoms with van der Waals surface area (Å²) >= 11 is 0. The molecule has 3 rings (SSSR count). The van der Waals surface area contributed by atoms with Crippen molar-refractivity contribution in [3.63, 3.8) is 0 Å². The van der Waals surface area contributed by atoms with Crippen LogP contribution in [-0.2, 0) is 9.59 Å². The second-order valence-corrected chi connectivity index (χ2v) is 4.86. The number of likely N-dealkylation sites (tertiary alicyclic amines) is 1. The van der Waals surface area contributed by atoms with Gasteiger partial charge in [0.15, 0.2) is 0 Å². The van der Waals surface area contributed by atoms with Crippen molar-refractivity contribution in [2.45, 2.75) is 12.5 Å². The number of nitrogens with two attached hydrogens (primary N) is 1. The highest BCUT2D eigenvalue weighted by Crippen LogP contribution is 2.47. The first-order valence-corrected chi connectivity index (χ1v) is 5.95. The summed E-state index contributed by atoms with van der Waals surface area (Å²) in [4.78, 5) is 24.7. The zero-order valence-corrected chi connectivity index (χ0v) is 9.67. The third kappa shape index (κ3) is 1.62. The van der Waals surface area contributed by atoms with Crippen LogP contribution in [0.4, 0.5) is 4.39 Å². The maximum absolute atomic E-state index is 13.5. The summed E-state index contributed by atoms with van der Waals surface area (Å²) < 4.78 is 13.5. The number of nitrogens with zero attached hydrogens (tertiary/aromatic N) is 1. The van der Waals surface area contributed by atoms with Crippen LogP contribution >= 0.6 is 0 Å². The summed E-state index contributed by atoms with van der Waals surface area (Å²) in [6.07, 6.45) is 0.670. The molecule has 1 heterocycles. The van der Waals surface area contributed by atoms with Gasteiger partial charge in [0.05, 0.1) is 17.9 Å². The van der Waals surface area contributed by atoms with Crippen molar-refractivity contribution in [3.05, 3.63) is 35.6 Å². The predicted molar refractivity (Wildman–Crippen MR) is 61.6 cm³/mol. The van der Waals surface area contributed by atoms with E-state index in [9.17, 15) is 14.0 Å². The number of piperidine rings is 1. The Morgan fingerprint density at radius 2 is 1.89 bits per heavy atom. The van der Waals surface area contributed by atoms with Gasteiger partial charge in [-0.3, -0.25) is 14.5 Å². The monoisotopic (exact) mass is 248 g/mol. The summed E-state index contributed by atoms with van der Waals surface area (Å²) in [6, 6.07) is 5.49. The number of hydrogen-bond donors (Lipinski definition) is 1. The van der Waals surface area contributed by atoms with Gasteiger partial charge in [-0.2, -0.15) is 0 Å². The van der Waals surface area contributed by atoms with E-state index in [1.54, 1.807) is 18.2 Å². The normalized spacial score (nSPS) is 27.3. The van der Waals surface area contributed by atoms with Crippen molar-refractivity contribution in [2.75, 3.05) is 6.54 Å². The Morgan fingerprint density at radius 3 is 2.50 bits per heavy atom. The number of benzene rings is 1. The second-order valence-electron chi connectivity index (χ2n) is 4.86. The van der Waals surface area contributed by atoms with Gasteiger partial charge in [-0.15, -0.1) is 0 Å². The largest absolute Gasteiger partial charge is 0.322 e. The Balaban J connectivity index is 1.76. The van der Waals surface area contributed by atoms with Gasteiger partial charge in [0.2, 0.25) is 11.8 Å². The Labute approximate surface area is 104 Å². The van der Waals surface area contributed by atoms with Crippen LogP contribution in [0.15, 0.2) is 24.3 Å². The molecule has 2 aliphatic rings. The van der Waals surface area contributed by atoms with Gasteiger partial charge >= 0.3 is 0 Å². The van der Waals surface area contributed by atoms with Crippen molar-refractivity contribution in [2.24, 2.45) is 17.6 Å². The summed E-state index contributed by atoms with van der Waals surface area (Å²) in [7, 11) is 0. The van der Waals surface area contributed by atoms with Gasteiger partial charge in [-0.1, -0.05) is 18.2 Å². The zero-order chi connectivity index (χ0) is 12.9. The number of hydrogen-bond acceptors (Lipinski definition) is 3. The lowest BCUT2D eigenvalue weighted by Crippen LogP contribution is -2.38. The molecule has 1 saturated carbocycles. The number of imide groups is 1. The molecule has 5 heteroatoms. The fourth-order valence-electron chi connectivity index (χ4n) is 2.50. The van der Waals surface area contributed by atoms with E-state index in [-0.39, 0.29) is 30.2 Å². The molecule has 2 fully saturated rings. The van der Waals surface area contributed by atoms with Crippen LogP contribution in [0.1, 0.15) is 18.0 Å². The van der Waals surface area contributed by atoms with E-state index in [1.165, 1.54) is 11.0 Å². The van der Waals surface area contributed by atoms with Gasteiger partial charge in [0.25, 0.3) is 0 Å². The molecule has 1 aliphatic carbocycles. The van der Waals surface area contributed by atoms with Crippen molar-refractivity contribution in [1.82, 2.24) is 4.90 Å². The third-order valence-corrected chi connectivity index (χ3v) is 3.64. The van der Waals surface area contributed by atoms with E-state index in [2.05, 4.69) is 0 Å². The van der Waals surface area contributed by atoms with Gasteiger partial charge in [-0.05, 0) is 12.5 Å². The Kier molecular flexibility index (Phi) is 2.45. The first-order valence-electron chi connectivity index (χ1n) is 5.95. The fourth-order valence-corrected chi connectivity index (χ4v) is 2.50. The molecule has 0 aromatic heterocycles. The highest BCUT2D eigenvalue weighted by Gasteiger charge is 2.58. The fraction of sp³-hybridized carbons (Fsp3) is 0.385. The van der Waals surface area contributed by atoms with E-state index in [0.717, 1.165) is 0 Å². The standard InChI is InChI=1S/C13H13FN2O2/c14-10-4-2-1-3-7(10)11(15)6-16-12(17)8-5-9(8)13(16)18/h1-4,8-9,11H,5-6,15H2. The molecule has 1 saturated heterocycles. The molecule has 4 nitrogen and oxygen atoms in total. The molecule has 0 spiro atoms. The molecule has 2 N–H and O–H groups in total. The van der Waals surface area contributed by atoms with Crippen molar-refractivity contribution < 1.29 is 14.0 Å². The van der Waals surface area contributed by atoms with Crippen LogP contribution in [0.3, 0.4) is 0 Å². The van der Waals surface area contributed by atoms with Crippen LogP contribution in [0.25, 0.3) is 0 Å². The number of halogens is 1. The number of carbonyl (C=O) groups excluding carboxylic acids is 2. The van der Waals surface area contributed by atoms with Crippen molar-refractivity contribution >= 4 is 11.8 Å². The SMILES string of the molecule is NC(CN1C(=O)C2CC2C1=O)c1ccccc1F. The molecule has 1 aromatic carbocycles. The molecule has 0 bridgehead atoms. The number of fused-ring (bicyclic) bond motifs is 1. The molecule has 3 unspecified atom stereocenters. The van der Waals surface area contributed by atoms with Crippen LogP contribution < -0.4 is 5.73 Å². The molecular weight excluding hydrogens is 235 g/mol. The molecule has 0 radical (unpaired) electrons. The van der Waals surface area contributed by atoms with E-state index < -0.39 is 11.9 Å². The van der Waals surface area contributed by atoms with Crippen LogP contribution in [0.2, 0.25) is 0 Å². The minimum Gasteiger partial charge on any atom is -0.322 e. The van der Waals surface area contributed by atoms with Gasteiger partial charge in [0.1, 0.15) is 5.82 Å². The first-order chi connectivity index (χ1) is 8.59. The predicted octanol–water partition coefficient (Wildman–Crippen LogP) is 0.830. The average molecular weight is 248 g/mol. The Bertz CT molecular complexity index is 511. The van der Waals surface area contributed by atoms with E-state index >= 15 is 0 Å². The van der Waals surface area contributed by atoms with E-state index in [0.29, 0.717) is 12.0 Å². The Morgan fingerprint density at radius 1 is 1.28 bits per heavy atom. The zero-order valence-electron chi connectivity index (χ0n) is 9.67. The lowest BCUT2D eigenvalue weighted by molar-refractivity contribution is -0.141.